The van der Waals surface area contributed by atoms with E-state index in [9.17, 15) is 0 Å². The third kappa shape index (κ3) is 1.33. The predicted molar refractivity (Wildman–Crippen MR) is 49.1 cm³/mol. The van der Waals surface area contributed by atoms with E-state index in [1.165, 1.54) is 12.1 Å². The molecule has 2 heterocycles. The van der Waals surface area contributed by atoms with Crippen LogP contribution in [0.1, 0.15) is 18.4 Å². The van der Waals surface area contributed by atoms with Gasteiger partial charge in [0.15, 0.2) is 0 Å². The van der Waals surface area contributed by atoms with Crippen molar-refractivity contribution in [2.24, 2.45) is 5.92 Å². The fraction of sp³-hybridized carbons (Fsp3) is 0.556. The zero-order valence-corrected chi connectivity index (χ0v) is 7.53. The van der Waals surface area contributed by atoms with Gasteiger partial charge in [0.2, 0.25) is 0 Å². The van der Waals surface area contributed by atoms with Crippen molar-refractivity contribution in [3.63, 3.8) is 0 Å². The standard InChI is InChI=1S/C9H13NS/c1-7-4-10-5-9(7)8-2-3-11-6-8/h2-3,6-7,9-10H,4-5H2,1H3/t7?,9-/m0/s1. The Kier molecular flexibility index (Phi) is 1.96. The molecule has 1 unspecified atom stereocenters. The lowest BCUT2D eigenvalue weighted by Gasteiger charge is -2.11. The summed E-state index contributed by atoms with van der Waals surface area (Å²) in [5.74, 6) is 1.57. The summed E-state index contributed by atoms with van der Waals surface area (Å²) in [6.45, 7) is 4.67. The molecule has 1 saturated heterocycles. The van der Waals surface area contributed by atoms with Gasteiger partial charge in [0.1, 0.15) is 0 Å². The van der Waals surface area contributed by atoms with Crippen LogP contribution in [-0.2, 0) is 0 Å². The quantitative estimate of drug-likeness (QED) is 0.675. The lowest BCUT2D eigenvalue weighted by molar-refractivity contribution is 0.573. The summed E-state index contributed by atoms with van der Waals surface area (Å²) in [5, 5.41) is 7.85. The zero-order chi connectivity index (χ0) is 7.68. The minimum atomic E-state index is 0.765. The first-order chi connectivity index (χ1) is 5.38. The Morgan fingerprint density at radius 1 is 1.55 bits per heavy atom. The molecular weight excluding hydrogens is 154 g/mol. The van der Waals surface area contributed by atoms with Gasteiger partial charge in [-0.25, -0.2) is 0 Å². The number of nitrogens with one attached hydrogen (secondary N) is 1. The van der Waals surface area contributed by atoms with Crippen molar-refractivity contribution in [1.82, 2.24) is 5.32 Å². The van der Waals surface area contributed by atoms with E-state index < -0.39 is 0 Å². The first kappa shape index (κ1) is 7.32. The minimum Gasteiger partial charge on any atom is -0.316 e. The third-order valence-corrected chi connectivity index (χ3v) is 3.19. The highest BCUT2D eigenvalue weighted by molar-refractivity contribution is 7.07. The van der Waals surface area contributed by atoms with Crippen LogP contribution < -0.4 is 5.32 Å². The van der Waals surface area contributed by atoms with Crippen LogP contribution in [0.4, 0.5) is 0 Å². The van der Waals surface area contributed by atoms with E-state index in [0.29, 0.717) is 0 Å². The Morgan fingerprint density at radius 3 is 3.00 bits per heavy atom. The molecule has 0 radical (unpaired) electrons. The predicted octanol–water partition coefficient (Wildman–Crippen LogP) is 2.07. The maximum Gasteiger partial charge on any atom is 0.00236 e. The van der Waals surface area contributed by atoms with Crippen LogP contribution in [0.5, 0.6) is 0 Å². The van der Waals surface area contributed by atoms with E-state index in [1.54, 1.807) is 11.3 Å². The van der Waals surface area contributed by atoms with Gasteiger partial charge in [0.05, 0.1) is 0 Å². The van der Waals surface area contributed by atoms with E-state index in [-0.39, 0.29) is 0 Å². The van der Waals surface area contributed by atoms with Gasteiger partial charge in [0.25, 0.3) is 0 Å². The molecule has 60 valence electrons. The Hall–Kier alpha value is -0.340. The van der Waals surface area contributed by atoms with Crippen molar-refractivity contribution in [3.8, 4) is 0 Å². The van der Waals surface area contributed by atoms with Gasteiger partial charge < -0.3 is 5.32 Å². The molecular formula is C9H13NS. The van der Waals surface area contributed by atoms with Crippen LogP contribution in [-0.4, -0.2) is 13.1 Å². The average Bonchev–Trinajstić information content (AvgIpc) is 2.55. The fourth-order valence-electron chi connectivity index (χ4n) is 1.74. The van der Waals surface area contributed by atoms with Crippen molar-refractivity contribution in [2.75, 3.05) is 13.1 Å². The Morgan fingerprint density at radius 2 is 2.45 bits per heavy atom. The lowest BCUT2D eigenvalue weighted by Crippen LogP contribution is -2.07. The van der Waals surface area contributed by atoms with E-state index in [1.807, 2.05) is 0 Å². The highest BCUT2D eigenvalue weighted by atomic mass is 32.1. The molecule has 1 nitrogen and oxygen atoms in total. The second kappa shape index (κ2) is 2.95. The largest absolute Gasteiger partial charge is 0.316 e. The molecule has 0 aromatic carbocycles. The van der Waals surface area contributed by atoms with E-state index in [2.05, 4.69) is 29.1 Å². The van der Waals surface area contributed by atoms with Crippen LogP contribution in [0, 0.1) is 5.92 Å². The van der Waals surface area contributed by atoms with E-state index >= 15 is 0 Å². The molecule has 0 bridgehead atoms. The Balaban J connectivity index is 2.16. The number of hydrogen-bond acceptors (Lipinski definition) is 2. The van der Waals surface area contributed by atoms with E-state index in [0.717, 1.165) is 18.4 Å². The van der Waals surface area contributed by atoms with Gasteiger partial charge in [0, 0.05) is 12.5 Å². The summed E-state index contributed by atoms with van der Waals surface area (Å²) in [4.78, 5) is 0. The summed E-state index contributed by atoms with van der Waals surface area (Å²) in [7, 11) is 0. The molecule has 1 aliphatic rings. The molecule has 2 rings (SSSR count). The molecule has 11 heavy (non-hydrogen) atoms. The van der Waals surface area contributed by atoms with Gasteiger partial charge in [-0.3, -0.25) is 0 Å². The van der Waals surface area contributed by atoms with Crippen molar-refractivity contribution in [2.45, 2.75) is 12.8 Å². The summed E-state index contributed by atoms with van der Waals surface area (Å²) < 4.78 is 0. The van der Waals surface area contributed by atoms with E-state index in [4.69, 9.17) is 0 Å². The number of thiophene rings is 1. The maximum atomic E-state index is 3.42. The summed E-state index contributed by atoms with van der Waals surface area (Å²) in [6, 6.07) is 2.25. The molecule has 2 atom stereocenters. The van der Waals surface area contributed by atoms with Crippen LogP contribution in [0.15, 0.2) is 16.8 Å². The van der Waals surface area contributed by atoms with Crippen LogP contribution in [0.2, 0.25) is 0 Å². The van der Waals surface area contributed by atoms with Crippen LogP contribution >= 0.6 is 11.3 Å². The van der Waals surface area contributed by atoms with Gasteiger partial charge in [-0.15, -0.1) is 0 Å². The first-order valence-corrected chi connectivity index (χ1v) is 5.05. The molecule has 0 aliphatic carbocycles. The second-order valence-corrected chi connectivity index (χ2v) is 4.08. The summed E-state index contributed by atoms with van der Waals surface area (Å²) >= 11 is 1.80. The average molecular weight is 167 g/mol. The van der Waals surface area contributed by atoms with Crippen molar-refractivity contribution < 1.29 is 0 Å². The highest BCUT2D eigenvalue weighted by Crippen LogP contribution is 2.28. The molecule has 0 saturated carbocycles. The van der Waals surface area contributed by atoms with Crippen LogP contribution in [0.25, 0.3) is 0 Å². The molecule has 0 amide bonds. The van der Waals surface area contributed by atoms with Gasteiger partial charge in [-0.05, 0) is 34.9 Å². The molecule has 2 heteroatoms. The SMILES string of the molecule is CC1CNC[C@@H]1c1ccsc1. The molecule has 1 fully saturated rings. The monoisotopic (exact) mass is 167 g/mol. The smallest absolute Gasteiger partial charge is 0.00236 e. The highest BCUT2D eigenvalue weighted by Gasteiger charge is 2.24. The van der Waals surface area contributed by atoms with Crippen molar-refractivity contribution in [1.29, 1.82) is 0 Å². The lowest BCUT2D eigenvalue weighted by atomic mass is 9.93. The number of hydrogen-bond donors (Lipinski definition) is 1. The second-order valence-electron chi connectivity index (χ2n) is 3.30. The van der Waals surface area contributed by atoms with Gasteiger partial charge in [-0.1, -0.05) is 6.92 Å². The molecule has 1 aliphatic heterocycles. The Labute approximate surface area is 71.4 Å². The fourth-order valence-corrected chi connectivity index (χ4v) is 2.47. The Bertz CT molecular complexity index is 217. The van der Waals surface area contributed by atoms with Crippen molar-refractivity contribution in [3.05, 3.63) is 22.4 Å². The minimum absolute atomic E-state index is 0.765. The normalized spacial score (nSPS) is 31.0. The first-order valence-electron chi connectivity index (χ1n) is 4.11. The maximum absolute atomic E-state index is 3.42. The number of rotatable bonds is 1. The molecule has 1 aromatic rings. The van der Waals surface area contributed by atoms with Gasteiger partial charge in [-0.2, -0.15) is 11.3 Å². The van der Waals surface area contributed by atoms with Crippen LogP contribution in [0.3, 0.4) is 0 Å². The molecule has 1 N–H and O–H groups in total. The molecule has 1 aromatic heterocycles. The van der Waals surface area contributed by atoms with Gasteiger partial charge >= 0.3 is 0 Å². The van der Waals surface area contributed by atoms with Crippen molar-refractivity contribution >= 4 is 11.3 Å². The summed E-state index contributed by atoms with van der Waals surface area (Å²) in [6.07, 6.45) is 0. The third-order valence-electron chi connectivity index (χ3n) is 2.49. The summed E-state index contributed by atoms with van der Waals surface area (Å²) in [5.41, 5.74) is 1.52. The zero-order valence-electron chi connectivity index (χ0n) is 6.71. The topological polar surface area (TPSA) is 12.0 Å². The molecule has 0 spiro atoms.